The van der Waals surface area contributed by atoms with Gasteiger partial charge in [0.05, 0.1) is 12.0 Å². The number of hydrazine groups is 1. The zero-order chi connectivity index (χ0) is 15.5. The summed E-state index contributed by atoms with van der Waals surface area (Å²) in [4.78, 5) is 24.2. The summed E-state index contributed by atoms with van der Waals surface area (Å²) >= 11 is 5.90. The van der Waals surface area contributed by atoms with Gasteiger partial charge in [-0.25, -0.2) is 5.01 Å². The van der Waals surface area contributed by atoms with E-state index in [1.54, 1.807) is 54.8 Å². The molecule has 0 bridgehead atoms. The van der Waals surface area contributed by atoms with Crippen molar-refractivity contribution in [3.63, 3.8) is 0 Å². The predicted molar refractivity (Wildman–Crippen MR) is 82.9 cm³/mol. The first-order valence-electron chi connectivity index (χ1n) is 6.48. The van der Waals surface area contributed by atoms with Crippen molar-refractivity contribution in [2.45, 2.75) is 0 Å². The second kappa shape index (κ2) is 5.91. The van der Waals surface area contributed by atoms with E-state index in [1.807, 2.05) is 0 Å². The molecule has 2 amide bonds. The van der Waals surface area contributed by atoms with Crippen LogP contribution in [0.25, 0.3) is 6.08 Å². The van der Waals surface area contributed by atoms with Gasteiger partial charge in [-0.15, -0.1) is 0 Å². The summed E-state index contributed by atoms with van der Waals surface area (Å²) in [7, 11) is 0. The molecule has 0 radical (unpaired) electrons. The van der Waals surface area contributed by atoms with E-state index in [0.29, 0.717) is 16.5 Å². The molecule has 1 aromatic heterocycles. The smallest absolute Gasteiger partial charge is 0.282 e. The Labute approximate surface area is 131 Å². The van der Waals surface area contributed by atoms with Crippen molar-refractivity contribution in [2.24, 2.45) is 0 Å². The molecule has 1 N–H and O–H groups in total. The SMILES string of the molecule is O=C1NN(c2cccc(Cl)c2)C(=O)/C1=C/C=C\c1ccco1. The van der Waals surface area contributed by atoms with Gasteiger partial charge in [0.1, 0.15) is 11.3 Å². The number of carbonyl (C=O) groups excluding carboxylic acids is 2. The van der Waals surface area contributed by atoms with Crippen molar-refractivity contribution >= 4 is 35.2 Å². The standard InChI is InChI=1S/C16H11ClN2O3/c17-11-4-1-5-12(10-11)19-16(21)14(15(20)18-19)8-2-6-13-7-3-9-22-13/h1-10H,(H,18,20)/b6-2-,14-8+. The van der Waals surface area contributed by atoms with E-state index in [9.17, 15) is 9.59 Å². The van der Waals surface area contributed by atoms with Crippen LogP contribution < -0.4 is 10.4 Å². The molecule has 0 unspecified atom stereocenters. The maximum absolute atomic E-state index is 12.3. The van der Waals surface area contributed by atoms with E-state index in [4.69, 9.17) is 16.0 Å². The van der Waals surface area contributed by atoms with Crippen LogP contribution in [0.1, 0.15) is 5.76 Å². The summed E-state index contributed by atoms with van der Waals surface area (Å²) in [6.07, 6.45) is 6.24. The maximum atomic E-state index is 12.3. The number of furan rings is 1. The minimum absolute atomic E-state index is 0.0442. The molecule has 1 aliphatic rings. The largest absolute Gasteiger partial charge is 0.465 e. The summed E-state index contributed by atoms with van der Waals surface area (Å²) in [5.74, 6) is -0.264. The molecule has 6 heteroatoms. The number of rotatable bonds is 3. The highest BCUT2D eigenvalue weighted by Crippen LogP contribution is 2.23. The number of nitrogens with zero attached hydrogens (tertiary/aromatic N) is 1. The lowest BCUT2D eigenvalue weighted by Gasteiger charge is -2.14. The fraction of sp³-hybridized carbons (Fsp3) is 0. The molecule has 1 aromatic carbocycles. The van der Waals surface area contributed by atoms with Crippen LogP contribution in [0.4, 0.5) is 5.69 Å². The Morgan fingerprint density at radius 1 is 1.18 bits per heavy atom. The monoisotopic (exact) mass is 314 g/mol. The van der Waals surface area contributed by atoms with Crippen molar-refractivity contribution in [1.82, 2.24) is 5.43 Å². The van der Waals surface area contributed by atoms with Crippen LogP contribution in [-0.2, 0) is 9.59 Å². The van der Waals surface area contributed by atoms with E-state index in [0.717, 1.165) is 0 Å². The Morgan fingerprint density at radius 2 is 2.05 bits per heavy atom. The van der Waals surface area contributed by atoms with Crippen LogP contribution in [0.2, 0.25) is 5.02 Å². The van der Waals surface area contributed by atoms with Gasteiger partial charge in [-0.3, -0.25) is 15.0 Å². The number of amides is 2. The molecule has 3 rings (SSSR count). The normalized spacial score (nSPS) is 16.8. The molecule has 1 saturated heterocycles. The number of hydrogen-bond donors (Lipinski definition) is 1. The molecular formula is C16H11ClN2O3. The molecule has 22 heavy (non-hydrogen) atoms. The zero-order valence-electron chi connectivity index (χ0n) is 11.3. The Hall–Kier alpha value is -2.79. The number of hydrogen-bond acceptors (Lipinski definition) is 3. The lowest BCUT2D eigenvalue weighted by molar-refractivity contribution is -0.117. The van der Waals surface area contributed by atoms with Gasteiger partial charge in [-0.05, 0) is 42.5 Å². The topological polar surface area (TPSA) is 62.6 Å². The third-order valence-corrected chi connectivity index (χ3v) is 3.26. The summed E-state index contributed by atoms with van der Waals surface area (Å²) in [5, 5.41) is 1.65. The highest BCUT2D eigenvalue weighted by molar-refractivity contribution is 6.32. The third kappa shape index (κ3) is 2.80. The minimum Gasteiger partial charge on any atom is -0.465 e. The second-order valence-electron chi connectivity index (χ2n) is 4.52. The van der Waals surface area contributed by atoms with Crippen molar-refractivity contribution in [2.75, 3.05) is 5.01 Å². The van der Waals surface area contributed by atoms with Crippen LogP contribution in [0.5, 0.6) is 0 Å². The van der Waals surface area contributed by atoms with Gasteiger partial charge < -0.3 is 4.42 Å². The summed E-state index contributed by atoms with van der Waals surface area (Å²) < 4.78 is 5.13. The predicted octanol–water partition coefficient (Wildman–Crippen LogP) is 2.95. The number of nitrogens with one attached hydrogen (secondary N) is 1. The molecular weight excluding hydrogens is 304 g/mol. The fourth-order valence-corrected chi connectivity index (χ4v) is 2.18. The van der Waals surface area contributed by atoms with Gasteiger partial charge >= 0.3 is 0 Å². The average Bonchev–Trinajstić information content (AvgIpc) is 3.10. The molecule has 2 heterocycles. The average molecular weight is 315 g/mol. The first-order chi connectivity index (χ1) is 10.6. The third-order valence-electron chi connectivity index (χ3n) is 3.02. The summed E-state index contributed by atoms with van der Waals surface area (Å²) in [6, 6.07) is 10.2. The Kier molecular flexibility index (Phi) is 3.80. The fourth-order valence-electron chi connectivity index (χ4n) is 2.00. The minimum atomic E-state index is -0.464. The highest BCUT2D eigenvalue weighted by Gasteiger charge is 2.33. The molecule has 110 valence electrons. The van der Waals surface area contributed by atoms with Crippen molar-refractivity contribution in [3.05, 3.63) is 71.2 Å². The number of carbonyl (C=O) groups is 2. The molecule has 5 nitrogen and oxygen atoms in total. The van der Waals surface area contributed by atoms with Crippen molar-refractivity contribution < 1.29 is 14.0 Å². The van der Waals surface area contributed by atoms with Gasteiger partial charge in [-0.1, -0.05) is 23.7 Å². The molecule has 1 aliphatic heterocycles. The molecule has 2 aromatic rings. The van der Waals surface area contributed by atoms with E-state index < -0.39 is 11.8 Å². The van der Waals surface area contributed by atoms with E-state index in [1.165, 1.54) is 11.1 Å². The molecule has 0 spiro atoms. The number of benzene rings is 1. The van der Waals surface area contributed by atoms with Crippen LogP contribution in [0.3, 0.4) is 0 Å². The lowest BCUT2D eigenvalue weighted by atomic mass is 10.2. The number of allylic oxidation sites excluding steroid dienone is 2. The van der Waals surface area contributed by atoms with E-state index in [-0.39, 0.29) is 5.57 Å². The van der Waals surface area contributed by atoms with Crippen LogP contribution in [0.15, 0.2) is 64.8 Å². The van der Waals surface area contributed by atoms with Crippen LogP contribution in [0, 0.1) is 0 Å². The van der Waals surface area contributed by atoms with Crippen molar-refractivity contribution in [1.29, 1.82) is 0 Å². The zero-order valence-corrected chi connectivity index (χ0v) is 12.1. The van der Waals surface area contributed by atoms with Gasteiger partial charge in [0.2, 0.25) is 0 Å². The summed E-state index contributed by atoms with van der Waals surface area (Å²) in [6.45, 7) is 0. The van der Waals surface area contributed by atoms with Gasteiger partial charge in [0, 0.05) is 5.02 Å². The molecule has 0 aliphatic carbocycles. The molecule has 0 atom stereocenters. The highest BCUT2D eigenvalue weighted by atomic mass is 35.5. The van der Waals surface area contributed by atoms with Gasteiger partial charge in [-0.2, -0.15) is 0 Å². The van der Waals surface area contributed by atoms with Gasteiger partial charge in [0.15, 0.2) is 0 Å². The van der Waals surface area contributed by atoms with E-state index in [2.05, 4.69) is 5.43 Å². The van der Waals surface area contributed by atoms with Crippen LogP contribution in [-0.4, -0.2) is 11.8 Å². The first kappa shape index (κ1) is 14.2. The molecule has 1 fully saturated rings. The quantitative estimate of drug-likeness (QED) is 0.700. The van der Waals surface area contributed by atoms with E-state index >= 15 is 0 Å². The summed E-state index contributed by atoms with van der Waals surface area (Å²) in [5.41, 5.74) is 3.05. The van der Waals surface area contributed by atoms with Gasteiger partial charge in [0.25, 0.3) is 11.8 Å². The Balaban J connectivity index is 1.82. The Bertz CT molecular complexity index is 778. The van der Waals surface area contributed by atoms with Crippen LogP contribution >= 0.6 is 11.6 Å². The Morgan fingerprint density at radius 3 is 2.77 bits per heavy atom. The lowest BCUT2D eigenvalue weighted by Crippen LogP contribution is -2.35. The maximum Gasteiger partial charge on any atom is 0.282 e. The number of anilines is 1. The molecule has 0 saturated carbocycles. The first-order valence-corrected chi connectivity index (χ1v) is 6.86. The second-order valence-corrected chi connectivity index (χ2v) is 4.95. The van der Waals surface area contributed by atoms with Crippen molar-refractivity contribution in [3.8, 4) is 0 Å². The number of halogens is 1.